The van der Waals surface area contributed by atoms with Gasteiger partial charge in [0.05, 0.1) is 45.2 Å². The maximum absolute atomic E-state index is 15.4. The van der Waals surface area contributed by atoms with E-state index >= 15 is 4.79 Å². The smallest absolute Gasteiger partial charge is 0.322 e. The highest BCUT2D eigenvalue weighted by Gasteiger charge is 2.80. The number of rotatable bonds is 15. The fraction of sp³-hybridized carbons (Fsp3) is 0.570. The lowest BCUT2D eigenvalue weighted by Gasteiger charge is -2.64. The van der Waals surface area contributed by atoms with Gasteiger partial charge in [0.15, 0.2) is 11.2 Å². The van der Waals surface area contributed by atoms with Crippen LogP contribution in [0.1, 0.15) is 150 Å². The number of para-hydroxylation sites is 1. The second kappa shape index (κ2) is 30.2. The van der Waals surface area contributed by atoms with Gasteiger partial charge in [0, 0.05) is 140 Å². The van der Waals surface area contributed by atoms with E-state index in [1.807, 2.05) is 38.4 Å². The Hall–Kier alpha value is -8.55. The minimum atomic E-state index is -1.85. The Morgan fingerprint density at radius 2 is 1.20 bits per heavy atom. The third kappa shape index (κ3) is 12.2. The number of carbonyl (C=O) groups excluding carboxylic acids is 5. The van der Waals surface area contributed by atoms with Gasteiger partial charge in [-0.05, 0) is 136 Å². The number of fused-ring (bicyclic) bond motifs is 7. The molecule has 2 spiro atoms. The molecule has 2 bridgehead atoms. The molecule has 20 heteroatoms. The number of carbonyl (C=O) groups is 5. The number of likely N-dealkylation sites (N-methyl/N-ethyl adjacent to an activating group) is 2. The molecule has 2 saturated heterocycles. The van der Waals surface area contributed by atoms with Crippen LogP contribution in [0.5, 0.6) is 11.5 Å². The lowest BCUT2D eigenvalue weighted by atomic mass is 9.47. The van der Waals surface area contributed by atoms with Crippen LogP contribution in [0, 0.1) is 64.1 Å². The molecule has 9 heterocycles. The predicted molar refractivity (Wildman–Crippen MR) is 409 cm³/mol. The fourth-order valence-corrected chi connectivity index (χ4v) is 21.5. The standard InChI is InChI=1S/C49H62N4O8.C28H38N2O6.C8H6.CH4/c1-9-31-22-32-25-48(45(56)59-8,40-34(16-20-52(26-31)27-32)33-14-11-12-15-37(33)50-40)36-23-35-38(24-39(36)58-7)51(6)43-47(35)18-21-53-19-13-17-46(10-2,42(47)53)44(61-30(5)54)49(43,57)28-60-41(55)29(3)4;1-7-26-11-8-13-30-14-12-27(23(26)30)20-10-9-19(34-6)15-21(20)29(5)24(27)28(33,25(26)36-18(4)31)16-35-22(32)17(2)3;1-3-5-7-8-6-4-2;/h11-15,17,22-24,29,32,42-44,50,57H,9-10,16,18-21,25-28H2,1-8H3;8-11,15,17,23-25,33H,7,12-14,16H2,1-6H3;1-2H3;1H4/t32-,42?,43+,44+,46+,47+,48-,49-;23?,24-,25-,26-,27-,28+;;/m01../s1. The van der Waals surface area contributed by atoms with Crippen LogP contribution in [0.25, 0.3) is 10.9 Å². The van der Waals surface area contributed by atoms with Crippen LogP contribution in [0.3, 0.4) is 0 Å². The number of esters is 5. The molecule has 8 aliphatic heterocycles. The first-order valence-corrected chi connectivity index (χ1v) is 37.5. The van der Waals surface area contributed by atoms with Crippen molar-refractivity contribution in [2.75, 3.05) is 104 Å². The second-order valence-electron chi connectivity index (χ2n) is 31.1. The summed E-state index contributed by atoms with van der Waals surface area (Å²) in [7, 11) is 8.72. The normalized spacial score (nSPS) is 32.0. The molecule has 3 N–H and O–H groups in total. The molecule has 0 amide bonds. The molecule has 20 nitrogen and oxygen atoms in total. The Balaban J connectivity index is 0.000000210. The third-order valence-corrected chi connectivity index (χ3v) is 25.1. The highest BCUT2D eigenvalue weighted by molar-refractivity contribution is 5.94. The number of hydrogen-bond donors (Lipinski definition) is 3. The molecule has 106 heavy (non-hydrogen) atoms. The molecule has 10 aliphatic rings. The number of nitrogens with one attached hydrogen (secondary N) is 1. The lowest BCUT2D eigenvalue weighted by Crippen LogP contribution is -2.80. The number of aromatic amines is 1. The maximum Gasteiger partial charge on any atom is 0.322 e. The van der Waals surface area contributed by atoms with Crippen LogP contribution >= 0.6 is 0 Å². The van der Waals surface area contributed by atoms with Gasteiger partial charge in [0.2, 0.25) is 0 Å². The van der Waals surface area contributed by atoms with Gasteiger partial charge in [-0.2, -0.15) is 0 Å². The van der Waals surface area contributed by atoms with Crippen LogP contribution in [-0.2, 0) is 70.3 Å². The molecule has 15 atom stereocenters. The van der Waals surface area contributed by atoms with Gasteiger partial charge in [0.25, 0.3) is 0 Å². The summed E-state index contributed by atoms with van der Waals surface area (Å²) < 4.78 is 42.2. The number of methoxy groups -OCH3 is 3. The summed E-state index contributed by atoms with van der Waals surface area (Å²) in [6.45, 7) is 24.7. The fourth-order valence-electron chi connectivity index (χ4n) is 21.5. The van der Waals surface area contributed by atoms with E-state index in [-0.39, 0.29) is 50.5 Å². The number of hydrogen-bond acceptors (Lipinski definition) is 19. The molecular weight excluding hydrogens is 1340 g/mol. The van der Waals surface area contributed by atoms with Crippen molar-refractivity contribution >= 4 is 52.1 Å². The monoisotopic (exact) mass is 1450 g/mol. The topological polar surface area (TPSA) is 222 Å². The lowest BCUT2D eigenvalue weighted by molar-refractivity contribution is -0.233. The van der Waals surface area contributed by atoms with E-state index in [2.05, 4.69) is 146 Å². The summed E-state index contributed by atoms with van der Waals surface area (Å²) in [5, 5.41) is 27.6. The van der Waals surface area contributed by atoms with Gasteiger partial charge in [-0.15, -0.1) is 0 Å². The second-order valence-corrected chi connectivity index (χ2v) is 31.1. The first-order chi connectivity index (χ1) is 50.2. The molecule has 1 aromatic heterocycles. The summed E-state index contributed by atoms with van der Waals surface area (Å²) in [5.74, 6) is 13.9. The quantitative estimate of drug-likeness (QED) is 0.0436. The van der Waals surface area contributed by atoms with Gasteiger partial charge < -0.3 is 58.2 Å². The highest BCUT2D eigenvalue weighted by atomic mass is 16.6. The predicted octanol–water partition coefficient (Wildman–Crippen LogP) is 10.2. The van der Waals surface area contributed by atoms with Crippen molar-refractivity contribution < 1.29 is 67.3 Å². The van der Waals surface area contributed by atoms with E-state index in [1.54, 1.807) is 55.8 Å². The van der Waals surface area contributed by atoms with Crippen molar-refractivity contribution in [1.82, 2.24) is 19.7 Å². The van der Waals surface area contributed by atoms with E-state index in [0.29, 0.717) is 43.5 Å². The van der Waals surface area contributed by atoms with E-state index in [9.17, 15) is 29.4 Å². The average molecular weight is 1450 g/mol. The first kappa shape index (κ1) is 78.5. The molecule has 0 radical (unpaired) electrons. The molecule has 3 unspecified atom stereocenters. The number of H-pyrrole nitrogens is 1. The zero-order chi connectivity index (χ0) is 75.5. The van der Waals surface area contributed by atoms with Crippen LogP contribution in [0.2, 0.25) is 0 Å². The van der Waals surface area contributed by atoms with Gasteiger partial charge in [0.1, 0.15) is 42.3 Å². The van der Waals surface area contributed by atoms with E-state index in [1.165, 1.54) is 26.5 Å². The Bertz CT molecular complexity index is 4350. The Kier molecular flexibility index (Phi) is 22.4. The molecule has 3 aromatic carbocycles. The van der Waals surface area contributed by atoms with E-state index in [4.69, 9.17) is 33.2 Å². The third-order valence-electron chi connectivity index (χ3n) is 25.1. The molecule has 4 fully saturated rings. The zero-order valence-electron chi connectivity index (χ0n) is 64.1. The molecule has 2 aliphatic carbocycles. The Morgan fingerprint density at radius 1 is 0.660 bits per heavy atom. The van der Waals surface area contributed by atoms with Gasteiger partial charge in [-0.3, -0.25) is 38.7 Å². The SMILES string of the molecule is C.CC#CC#CC#CC.CCC1=C[C@@H]2CN(CCc3c([nH]c4ccccc34)[C@@](C(=O)OC)(c3cc4c(cc3OC)N(C)[C@H]3[C@@](O)(COC(=O)C(C)C)[C@H](OC(C)=O)[C@]5(CC)C=CCN6CC[C@]43C65)C2)C1.CC[C@]12C=CCN3CC[C@@]4(c5ccc(OC)cc5N(C)[C@H]4[C@@](O)(COC(=O)C(C)C)[C@@H]1OC(C)=O)C32. The largest absolute Gasteiger partial charge is 0.497 e. The summed E-state index contributed by atoms with van der Waals surface area (Å²) in [6, 6.07) is 17.3. The van der Waals surface area contributed by atoms with Crippen molar-refractivity contribution in [3.05, 3.63) is 118 Å². The summed E-state index contributed by atoms with van der Waals surface area (Å²) >= 11 is 0. The molecular formula is C86H110N6O14. The number of anilines is 2. The number of benzene rings is 3. The Morgan fingerprint density at radius 3 is 1.69 bits per heavy atom. The zero-order valence-corrected chi connectivity index (χ0v) is 64.1. The van der Waals surface area contributed by atoms with Crippen molar-refractivity contribution in [2.24, 2.45) is 28.6 Å². The first-order valence-electron chi connectivity index (χ1n) is 37.5. The minimum absolute atomic E-state index is 0. The number of aromatic nitrogens is 1. The molecule has 4 aromatic rings. The molecule has 2 saturated carbocycles. The average Bonchev–Trinajstić information content (AvgIpc) is 1.48. The van der Waals surface area contributed by atoms with E-state index < -0.39 is 92.4 Å². The number of nitrogens with zero attached hydrogens (tertiary/aromatic N) is 5. The van der Waals surface area contributed by atoms with Crippen molar-refractivity contribution in [2.45, 2.75) is 192 Å². The van der Waals surface area contributed by atoms with Crippen LogP contribution < -0.4 is 19.3 Å². The van der Waals surface area contributed by atoms with Gasteiger partial charge >= 0.3 is 29.8 Å². The van der Waals surface area contributed by atoms with Gasteiger partial charge in [-0.1, -0.05) is 128 Å². The molecule has 568 valence electrons. The molecule has 14 rings (SSSR count). The number of ether oxygens (including phenoxy) is 7. The summed E-state index contributed by atoms with van der Waals surface area (Å²) in [5.41, 5.74) is 1.39. The summed E-state index contributed by atoms with van der Waals surface area (Å²) in [6.07, 6.45) is 13.8. The van der Waals surface area contributed by atoms with Crippen LogP contribution in [0.15, 0.2) is 90.6 Å². The van der Waals surface area contributed by atoms with E-state index in [0.717, 1.165) is 109 Å². The number of aliphatic hydroxyl groups is 2. The van der Waals surface area contributed by atoms with Crippen molar-refractivity contribution in [3.8, 4) is 47.0 Å². The Labute approximate surface area is 626 Å². The van der Waals surface area contributed by atoms with Crippen molar-refractivity contribution in [3.63, 3.8) is 0 Å². The van der Waals surface area contributed by atoms with Crippen LogP contribution in [0.4, 0.5) is 11.4 Å². The maximum atomic E-state index is 15.4. The van der Waals surface area contributed by atoms with Crippen molar-refractivity contribution in [1.29, 1.82) is 0 Å². The van der Waals surface area contributed by atoms with Gasteiger partial charge in [-0.25, -0.2) is 0 Å². The summed E-state index contributed by atoms with van der Waals surface area (Å²) in [4.78, 5) is 82.5. The highest BCUT2D eigenvalue weighted by Crippen LogP contribution is 2.70. The minimum Gasteiger partial charge on any atom is -0.497 e. The van der Waals surface area contributed by atoms with Crippen LogP contribution in [-0.4, -0.2) is 202 Å².